The first kappa shape index (κ1) is 28.7. The summed E-state index contributed by atoms with van der Waals surface area (Å²) in [7, 11) is 0. The molecule has 0 fully saturated rings. The minimum atomic E-state index is -0.644. The maximum atomic E-state index is 14.0. The Morgan fingerprint density at radius 2 is 0.667 bits per heavy atom. The predicted octanol–water partition coefficient (Wildman–Crippen LogP) is 6.90. The summed E-state index contributed by atoms with van der Waals surface area (Å²) in [6.45, 7) is 0. The molecular weight excluding hydrogens is 604 g/mol. The molecule has 2 aliphatic rings. The number of rotatable bonds is 6. The van der Waals surface area contributed by atoms with Crippen LogP contribution < -0.4 is 9.80 Å². The summed E-state index contributed by atoms with van der Waals surface area (Å²) in [4.78, 5) is 84.2. The molecule has 8 heteroatoms. The van der Waals surface area contributed by atoms with Crippen LogP contribution in [0.5, 0.6) is 0 Å². The Bertz CT molecular complexity index is 2180. The molecule has 2 aliphatic heterocycles. The average molecular weight is 627 g/mol. The molecule has 0 aromatic heterocycles. The fourth-order valence-corrected chi connectivity index (χ4v) is 6.43. The third-order valence-corrected chi connectivity index (χ3v) is 8.70. The van der Waals surface area contributed by atoms with Crippen molar-refractivity contribution in [1.82, 2.24) is 0 Å². The molecule has 0 spiro atoms. The molecule has 0 bridgehead atoms. The summed E-state index contributed by atoms with van der Waals surface area (Å²) in [5.74, 6) is -3.09. The average Bonchev–Trinajstić information content (AvgIpc) is 3.13. The van der Waals surface area contributed by atoms with E-state index in [0.29, 0.717) is 22.3 Å². The summed E-state index contributed by atoms with van der Waals surface area (Å²) in [6, 6.07) is 35.9. The lowest BCUT2D eigenvalue weighted by molar-refractivity contribution is 0.0873. The van der Waals surface area contributed by atoms with E-state index in [1.54, 1.807) is 97.1 Å². The molecule has 2 heterocycles. The topological polar surface area (TPSA) is 109 Å². The van der Waals surface area contributed by atoms with E-state index in [0.717, 1.165) is 9.80 Å². The van der Waals surface area contributed by atoms with Gasteiger partial charge >= 0.3 is 0 Å². The first-order chi connectivity index (χ1) is 23.3. The van der Waals surface area contributed by atoms with Crippen LogP contribution in [0.25, 0.3) is 10.8 Å². The fraction of sp³-hybridized carbons (Fsp3) is 0. The second-order valence-corrected chi connectivity index (χ2v) is 11.5. The van der Waals surface area contributed by atoms with Crippen LogP contribution in [0.1, 0.15) is 73.3 Å². The zero-order chi connectivity index (χ0) is 33.1. The van der Waals surface area contributed by atoms with Crippen molar-refractivity contribution in [3.63, 3.8) is 0 Å². The molecule has 228 valence electrons. The summed E-state index contributed by atoms with van der Waals surface area (Å²) >= 11 is 0. The Balaban J connectivity index is 1.18. The summed E-state index contributed by atoms with van der Waals surface area (Å²) in [6.07, 6.45) is 0. The SMILES string of the molecule is O=C(c1ccccc1)c1cccc(N2C(=O)c3ccc4c5c(ccc(c35)C2=O)C(=O)N(c2cccc(C(=O)c3ccccc3)c2)C4=O)c1. The number of ketones is 2. The highest BCUT2D eigenvalue weighted by Gasteiger charge is 2.41. The molecule has 8 nitrogen and oxygen atoms in total. The van der Waals surface area contributed by atoms with Crippen LogP contribution in [0, 0.1) is 0 Å². The molecule has 6 aromatic rings. The van der Waals surface area contributed by atoms with Gasteiger partial charge in [0.05, 0.1) is 11.4 Å². The third-order valence-electron chi connectivity index (χ3n) is 8.70. The van der Waals surface area contributed by atoms with Gasteiger partial charge in [0.15, 0.2) is 11.6 Å². The largest absolute Gasteiger partial charge is 0.289 e. The minimum Gasteiger partial charge on any atom is -0.289 e. The highest BCUT2D eigenvalue weighted by molar-refractivity contribution is 6.42. The first-order valence-electron chi connectivity index (χ1n) is 15.1. The number of amides is 4. The van der Waals surface area contributed by atoms with Gasteiger partial charge in [0, 0.05) is 55.3 Å². The maximum Gasteiger partial charge on any atom is 0.265 e. The van der Waals surface area contributed by atoms with E-state index >= 15 is 0 Å². The number of anilines is 2. The Labute approximate surface area is 273 Å². The van der Waals surface area contributed by atoms with Crippen LogP contribution >= 0.6 is 0 Å². The predicted molar refractivity (Wildman–Crippen MR) is 179 cm³/mol. The van der Waals surface area contributed by atoms with Crippen LogP contribution in [0.15, 0.2) is 133 Å². The first-order valence-corrected chi connectivity index (χ1v) is 15.1. The minimum absolute atomic E-state index is 0.148. The van der Waals surface area contributed by atoms with Crippen LogP contribution in [0.2, 0.25) is 0 Å². The Hall–Kier alpha value is -6.80. The van der Waals surface area contributed by atoms with Crippen molar-refractivity contribution in [3.8, 4) is 0 Å². The number of imide groups is 2. The summed E-state index contributed by atoms with van der Waals surface area (Å²) in [5, 5.41) is 0.448. The lowest BCUT2D eigenvalue weighted by Crippen LogP contribution is -2.43. The van der Waals surface area contributed by atoms with Gasteiger partial charge in [0.1, 0.15) is 0 Å². The van der Waals surface area contributed by atoms with E-state index in [4.69, 9.17) is 0 Å². The second-order valence-electron chi connectivity index (χ2n) is 11.5. The van der Waals surface area contributed by atoms with Crippen LogP contribution in [0.4, 0.5) is 11.4 Å². The van der Waals surface area contributed by atoms with Gasteiger partial charge in [-0.2, -0.15) is 0 Å². The van der Waals surface area contributed by atoms with Gasteiger partial charge in [-0.15, -0.1) is 0 Å². The molecule has 0 aliphatic carbocycles. The summed E-state index contributed by atoms with van der Waals surface area (Å²) in [5.41, 5.74) is 2.57. The van der Waals surface area contributed by atoms with E-state index in [1.165, 1.54) is 36.4 Å². The highest BCUT2D eigenvalue weighted by Crippen LogP contribution is 2.40. The maximum absolute atomic E-state index is 14.0. The van der Waals surface area contributed by atoms with Gasteiger partial charge in [-0.1, -0.05) is 84.9 Å². The number of benzene rings is 6. The zero-order valence-electron chi connectivity index (χ0n) is 25.0. The van der Waals surface area contributed by atoms with E-state index < -0.39 is 23.6 Å². The van der Waals surface area contributed by atoms with Crippen molar-refractivity contribution in [2.45, 2.75) is 0 Å². The molecule has 4 amide bonds. The van der Waals surface area contributed by atoms with Gasteiger partial charge in [-0.05, 0) is 48.5 Å². The van der Waals surface area contributed by atoms with Gasteiger partial charge in [-0.25, -0.2) is 9.80 Å². The van der Waals surface area contributed by atoms with Crippen molar-refractivity contribution in [3.05, 3.63) is 178 Å². The van der Waals surface area contributed by atoms with Gasteiger partial charge in [0.25, 0.3) is 23.6 Å². The fourth-order valence-electron chi connectivity index (χ4n) is 6.43. The van der Waals surface area contributed by atoms with Crippen LogP contribution in [0.3, 0.4) is 0 Å². The Kier molecular flexibility index (Phi) is 6.52. The number of carbonyl (C=O) groups excluding carboxylic acids is 6. The molecule has 48 heavy (non-hydrogen) atoms. The Morgan fingerprint density at radius 1 is 0.354 bits per heavy atom. The number of carbonyl (C=O) groups is 6. The quantitative estimate of drug-likeness (QED) is 0.147. The van der Waals surface area contributed by atoms with Crippen molar-refractivity contribution < 1.29 is 28.8 Å². The lowest BCUT2D eigenvalue weighted by Gasteiger charge is -2.32. The van der Waals surface area contributed by atoms with Crippen molar-refractivity contribution in [2.24, 2.45) is 0 Å². The zero-order valence-corrected chi connectivity index (χ0v) is 25.0. The molecular formula is C40H22N2O6. The highest BCUT2D eigenvalue weighted by atomic mass is 16.2. The number of nitrogens with zero attached hydrogens (tertiary/aromatic N) is 2. The van der Waals surface area contributed by atoms with Crippen LogP contribution in [-0.4, -0.2) is 35.2 Å². The third kappa shape index (κ3) is 4.31. The molecule has 0 atom stereocenters. The van der Waals surface area contributed by atoms with Crippen LogP contribution in [-0.2, 0) is 0 Å². The van der Waals surface area contributed by atoms with E-state index in [-0.39, 0.29) is 56.0 Å². The molecule has 0 radical (unpaired) electrons. The van der Waals surface area contributed by atoms with Gasteiger partial charge in [0.2, 0.25) is 0 Å². The standard InChI is InChI=1S/C40H22N2O6/c43-35(23-9-3-1-4-10-23)25-13-7-15-27(21-25)41-37(45)29-17-19-31-34-32(20-18-30(33(29)34)38(41)46)40(48)42(39(31)47)28-16-8-14-26(22-28)36(44)24-11-5-2-6-12-24/h1-22H. The van der Waals surface area contributed by atoms with Crippen molar-refractivity contribution >= 4 is 57.3 Å². The van der Waals surface area contributed by atoms with Gasteiger partial charge in [-0.3, -0.25) is 28.8 Å². The number of hydrogen-bond acceptors (Lipinski definition) is 6. The molecule has 0 saturated carbocycles. The van der Waals surface area contributed by atoms with E-state index in [1.807, 2.05) is 0 Å². The molecule has 0 saturated heterocycles. The van der Waals surface area contributed by atoms with Crippen molar-refractivity contribution in [2.75, 3.05) is 9.80 Å². The van der Waals surface area contributed by atoms with E-state index in [9.17, 15) is 28.8 Å². The lowest BCUT2D eigenvalue weighted by atomic mass is 9.85. The smallest absolute Gasteiger partial charge is 0.265 e. The second kappa shape index (κ2) is 10.9. The van der Waals surface area contributed by atoms with Crippen molar-refractivity contribution in [1.29, 1.82) is 0 Å². The van der Waals surface area contributed by atoms with E-state index in [2.05, 4.69) is 0 Å². The summed E-state index contributed by atoms with van der Waals surface area (Å²) < 4.78 is 0. The number of hydrogen-bond donors (Lipinski definition) is 0. The molecule has 6 aromatic carbocycles. The monoisotopic (exact) mass is 626 g/mol. The normalized spacial score (nSPS) is 13.7. The molecule has 8 rings (SSSR count). The Morgan fingerprint density at radius 3 is 1.00 bits per heavy atom. The van der Waals surface area contributed by atoms with Gasteiger partial charge < -0.3 is 0 Å². The molecule has 0 unspecified atom stereocenters. The molecule has 0 N–H and O–H groups in total.